The molecule has 20 heavy (non-hydrogen) atoms. The first-order valence-electron chi connectivity index (χ1n) is 7.24. The maximum absolute atomic E-state index is 8.94. The second-order valence-electron chi connectivity index (χ2n) is 5.90. The van der Waals surface area contributed by atoms with E-state index in [1.807, 2.05) is 12.1 Å². The van der Waals surface area contributed by atoms with Crippen molar-refractivity contribution in [1.82, 2.24) is 0 Å². The summed E-state index contributed by atoms with van der Waals surface area (Å²) >= 11 is 0. The standard InChI is InChI=1S/C17H20N2O/c1-11(15-8-12-3-5-14(15)7-12)19-16-6-4-13(10-18)9-17(16)20-2/h3-6,9,11-12,14-15,19H,7-8H2,1-2H3. The first kappa shape index (κ1) is 13.1. The molecule has 3 heteroatoms. The van der Waals surface area contributed by atoms with E-state index in [1.165, 1.54) is 12.8 Å². The van der Waals surface area contributed by atoms with E-state index in [0.29, 0.717) is 17.5 Å². The van der Waals surface area contributed by atoms with Crippen LogP contribution in [-0.2, 0) is 0 Å². The summed E-state index contributed by atoms with van der Waals surface area (Å²) < 4.78 is 5.39. The molecule has 104 valence electrons. The minimum absolute atomic E-state index is 0.414. The van der Waals surface area contributed by atoms with Crippen molar-refractivity contribution in [3.05, 3.63) is 35.9 Å². The molecule has 1 N–H and O–H groups in total. The highest BCUT2D eigenvalue weighted by Crippen LogP contribution is 2.45. The average molecular weight is 268 g/mol. The van der Waals surface area contributed by atoms with Crippen LogP contribution in [0.4, 0.5) is 5.69 Å². The monoisotopic (exact) mass is 268 g/mol. The highest BCUT2D eigenvalue weighted by Gasteiger charge is 2.38. The van der Waals surface area contributed by atoms with Gasteiger partial charge in [0.15, 0.2) is 0 Å². The number of methoxy groups -OCH3 is 1. The molecule has 0 spiro atoms. The highest BCUT2D eigenvalue weighted by atomic mass is 16.5. The van der Waals surface area contributed by atoms with E-state index in [4.69, 9.17) is 10.00 Å². The van der Waals surface area contributed by atoms with Gasteiger partial charge in [0.1, 0.15) is 5.75 Å². The summed E-state index contributed by atoms with van der Waals surface area (Å²) in [5.41, 5.74) is 1.61. The van der Waals surface area contributed by atoms with Crippen molar-refractivity contribution in [2.75, 3.05) is 12.4 Å². The Morgan fingerprint density at radius 3 is 2.80 bits per heavy atom. The molecule has 0 amide bonds. The second-order valence-corrected chi connectivity index (χ2v) is 5.90. The van der Waals surface area contributed by atoms with Gasteiger partial charge in [-0.25, -0.2) is 0 Å². The molecule has 2 aliphatic carbocycles. The SMILES string of the molecule is COc1cc(C#N)ccc1NC(C)C1CC2C=CC1C2. The Labute approximate surface area is 120 Å². The Bertz CT molecular complexity index is 573. The molecular weight excluding hydrogens is 248 g/mol. The predicted octanol–water partition coefficient (Wildman–Crippen LogP) is 3.58. The molecule has 0 aliphatic heterocycles. The third-order valence-corrected chi connectivity index (χ3v) is 4.69. The number of hydrogen-bond donors (Lipinski definition) is 1. The van der Waals surface area contributed by atoms with E-state index in [0.717, 1.165) is 23.3 Å². The molecule has 1 aromatic rings. The van der Waals surface area contributed by atoms with E-state index in [1.54, 1.807) is 13.2 Å². The lowest BCUT2D eigenvalue weighted by Gasteiger charge is -2.27. The molecule has 2 bridgehead atoms. The minimum Gasteiger partial charge on any atom is -0.495 e. The summed E-state index contributed by atoms with van der Waals surface area (Å²) in [6.45, 7) is 2.25. The van der Waals surface area contributed by atoms with E-state index in [2.05, 4.69) is 30.5 Å². The number of allylic oxidation sites excluding steroid dienone is 2. The lowest BCUT2D eigenvalue weighted by molar-refractivity contribution is 0.393. The molecule has 1 saturated carbocycles. The molecule has 0 saturated heterocycles. The fourth-order valence-electron chi connectivity index (χ4n) is 3.63. The van der Waals surface area contributed by atoms with Gasteiger partial charge in [0.25, 0.3) is 0 Å². The summed E-state index contributed by atoms with van der Waals surface area (Å²) in [5.74, 6) is 2.96. The zero-order valence-corrected chi connectivity index (χ0v) is 12.0. The average Bonchev–Trinajstić information content (AvgIpc) is 3.10. The van der Waals surface area contributed by atoms with Gasteiger partial charge in [0, 0.05) is 12.1 Å². The van der Waals surface area contributed by atoms with Gasteiger partial charge in [-0.05, 0) is 49.7 Å². The Hall–Kier alpha value is -1.95. The zero-order valence-electron chi connectivity index (χ0n) is 12.0. The number of ether oxygens (including phenoxy) is 1. The van der Waals surface area contributed by atoms with Crippen LogP contribution >= 0.6 is 0 Å². The van der Waals surface area contributed by atoms with E-state index in [-0.39, 0.29) is 0 Å². The Morgan fingerprint density at radius 2 is 2.20 bits per heavy atom. The summed E-state index contributed by atoms with van der Waals surface area (Å²) in [7, 11) is 1.65. The third kappa shape index (κ3) is 2.27. The number of anilines is 1. The van der Waals surface area contributed by atoms with E-state index < -0.39 is 0 Å². The van der Waals surface area contributed by atoms with Crippen LogP contribution in [0.3, 0.4) is 0 Å². The van der Waals surface area contributed by atoms with Crippen molar-refractivity contribution >= 4 is 5.69 Å². The molecule has 1 fully saturated rings. The second kappa shape index (κ2) is 5.20. The van der Waals surface area contributed by atoms with Gasteiger partial charge < -0.3 is 10.1 Å². The minimum atomic E-state index is 0.414. The largest absolute Gasteiger partial charge is 0.495 e. The summed E-state index contributed by atoms with van der Waals surface area (Å²) in [6, 6.07) is 8.12. The maximum Gasteiger partial charge on any atom is 0.143 e. The molecular formula is C17H20N2O. The van der Waals surface area contributed by atoms with Gasteiger partial charge in [-0.2, -0.15) is 5.26 Å². The molecule has 3 nitrogen and oxygen atoms in total. The highest BCUT2D eigenvalue weighted by molar-refractivity contribution is 5.60. The van der Waals surface area contributed by atoms with Gasteiger partial charge in [0.2, 0.25) is 0 Å². The van der Waals surface area contributed by atoms with Gasteiger partial charge in [-0.15, -0.1) is 0 Å². The Kier molecular flexibility index (Phi) is 3.40. The molecule has 0 aromatic heterocycles. The van der Waals surface area contributed by atoms with Gasteiger partial charge >= 0.3 is 0 Å². The molecule has 0 heterocycles. The van der Waals surface area contributed by atoms with Crippen LogP contribution < -0.4 is 10.1 Å². The molecule has 4 atom stereocenters. The predicted molar refractivity (Wildman–Crippen MR) is 79.6 cm³/mol. The molecule has 1 aromatic carbocycles. The van der Waals surface area contributed by atoms with E-state index in [9.17, 15) is 0 Å². The normalized spacial score (nSPS) is 28.1. The van der Waals surface area contributed by atoms with Crippen LogP contribution in [0.2, 0.25) is 0 Å². The van der Waals surface area contributed by atoms with Crippen LogP contribution in [0.25, 0.3) is 0 Å². The van der Waals surface area contributed by atoms with Gasteiger partial charge in [0.05, 0.1) is 24.4 Å². The molecule has 3 rings (SSSR count). The lowest BCUT2D eigenvalue weighted by Crippen LogP contribution is -2.29. The van der Waals surface area contributed by atoms with Crippen LogP contribution in [0.5, 0.6) is 5.75 Å². The van der Waals surface area contributed by atoms with E-state index >= 15 is 0 Å². The van der Waals surface area contributed by atoms with Crippen molar-refractivity contribution in [2.24, 2.45) is 17.8 Å². The van der Waals surface area contributed by atoms with Crippen LogP contribution in [0, 0.1) is 29.1 Å². The number of fused-ring (bicyclic) bond motifs is 2. The number of rotatable bonds is 4. The zero-order chi connectivity index (χ0) is 14.1. The van der Waals surface area contributed by atoms with Crippen molar-refractivity contribution in [3.63, 3.8) is 0 Å². The molecule has 4 unspecified atom stereocenters. The van der Waals surface area contributed by atoms with Crippen LogP contribution in [0.1, 0.15) is 25.3 Å². The molecule has 0 radical (unpaired) electrons. The van der Waals surface area contributed by atoms with Crippen LogP contribution in [-0.4, -0.2) is 13.2 Å². The third-order valence-electron chi connectivity index (χ3n) is 4.69. The number of benzene rings is 1. The van der Waals surface area contributed by atoms with Crippen molar-refractivity contribution in [3.8, 4) is 11.8 Å². The van der Waals surface area contributed by atoms with Crippen molar-refractivity contribution in [2.45, 2.75) is 25.8 Å². The topological polar surface area (TPSA) is 45.0 Å². The van der Waals surface area contributed by atoms with Crippen LogP contribution in [0.15, 0.2) is 30.4 Å². The maximum atomic E-state index is 8.94. The smallest absolute Gasteiger partial charge is 0.143 e. The number of nitrogens with zero attached hydrogens (tertiary/aromatic N) is 1. The summed E-state index contributed by atoms with van der Waals surface area (Å²) in [6.07, 6.45) is 7.36. The Morgan fingerprint density at radius 1 is 1.35 bits per heavy atom. The summed E-state index contributed by atoms with van der Waals surface area (Å²) in [5, 5.41) is 12.5. The van der Waals surface area contributed by atoms with Gasteiger partial charge in [-0.3, -0.25) is 0 Å². The first-order valence-corrected chi connectivity index (χ1v) is 7.24. The van der Waals surface area contributed by atoms with Gasteiger partial charge in [-0.1, -0.05) is 12.2 Å². The fourth-order valence-corrected chi connectivity index (χ4v) is 3.63. The fraction of sp³-hybridized carbons (Fsp3) is 0.471. The number of nitrogens with one attached hydrogen (secondary N) is 1. The quantitative estimate of drug-likeness (QED) is 0.849. The molecule has 2 aliphatic rings. The van der Waals surface area contributed by atoms with Crippen molar-refractivity contribution < 1.29 is 4.74 Å². The first-order chi connectivity index (χ1) is 9.71. The number of nitriles is 1. The summed E-state index contributed by atoms with van der Waals surface area (Å²) in [4.78, 5) is 0. The Balaban J connectivity index is 1.74. The van der Waals surface area contributed by atoms with Crippen molar-refractivity contribution in [1.29, 1.82) is 5.26 Å². The lowest BCUT2D eigenvalue weighted by atomic mass is 9.87. The number of hydrogen-bond acceptors (Lipinski definition) is 3.